The molecular weight excluding hydrogens is 320 g/mol. The summed E-state index contributed by atoms with van der Waals surface area (Å²) in [6, 6.07) is 5.30. The van der Waals surface area contributed by atoms with Gasteiger partial charge in [0.1, 0.15) is 6.04 Å². The molecule has 23 heavy (non-hydrogen) atoms. The van der Waals surface area contributed by atoms with E-state index in [1.807, 2.05) is 0 Å². The highest BCUT2D eigenvalue weighted by Crippen LogP contribution is 2.22. The Labute approximate surface area is 135 Å². The molecule has 2 N–H and O–H groups in total. The molecule has 1 amide bonds. The topological polar surface area (TPSA) is 104 Å². The number of amides is 1. The average Bonchev–Trinajstić information content (AvgIpc) is 2.95. The Balaban J connectivity index is 2.19. The van der Waals surface area contributed by atoms with Crippen LogP contribution in [-0.2, 0) is 14.8 Å². The lowest BCUT2D eigenvalue weighted by atomic mass is 10.1. The number of carboxylic acids is 1. The van der Waals surface area contributed by atoms with Crippen LogP contribution >= 0.6 is 0 Å². The van der Waals surface area contributed by atoms with Crippen LogP contribution in [0.2, 0.25) is 0 Å². The van der Waals surface area contributed by atoms with Gasteiger partial charge in [-0.1, -0.05) is 13.0 Å². The Bertz CT molecular complexity index is 702. The van der Waals surface area contributed by atoms with Crippen LogP contribution in [0.25, 0.3) is 0 Å². The number of anilines is 1. The van der Waals surface area contributed by atoms with Gasteiger partial charge in [0.25, 0.3) is 5.91 Å². The molecule has 126 valence electrons. The minimum absolute atomic E-state index is 0.00160. The van der Waals surface area contributed by atoms with Crippen molar-refractivity contribution >= 4 is 27.6 Å². The molecule has 1 heterocycles. The zero-order valence-corrected chi connectivity index (χ0v) is 13.7. The van der Waals surface area contributed by atoms with E-state index in [0.717, 1.165) is 0 Å². The molecule has 0 bridgehead atoms. The predicted molar refractivity (Wildman–Crippen MR) is 85.8 cm³/mol. The van der Waals surface area contributed by atoms with E-state index in [0.29, 0.717) is 31.5 Å². The van der Waals surface area contributed by atoms with Crippen LogP contribution in [0, 0.1) is 0 Å². The Morgan fingerprint density at radius 1 is 1.39 bits per heavy atom. The van der Waals surface area contributed by atoms with Gasteiger partial charge in [0.05, 0.1) is 5.75 Å². The summed E-state index contributed by atoms with van der Waals surface area (Å²) in [6.45, 7) is 2.15. The number of aliphatic carboxylic acids is 1. The Morgan fingerprint density at radius 3 is 2.78 bits per heavy atom. The van der Waals surface area contributed by atoms with E-state index in [-0.39, 0.29) is 11.3 Å². The molecule has 1 aliphatic rings. The number of nitrogens with zero attached hydrogens (tertiary/aromatic N) is 1. The first-order chi connectivity index (χ1) is 10.8. The number of sulfonamides is 1. The van der Waals surface area contributed by atoms with Crippen molar-refractivity contribution in [1.82, 2.24) is 4.90 Å². The molecule has 1 atom stereocenters. The van der Waals surface area contributed by atoms with E-state index in [1.165, 1.54) is 11.0 Å². The van der Waals surface area contributed by atoms with Gasteiger partial charge in [-0.25, -0.2) is 13.2 Å². The largest absolute Gasteiger partial charge is 0.480 e. The molecule has 8 heteroatoms. The fourth-order valence-corrected chi connectivity index (χ4v) is 3.77. The molecule has 1 fully saturated rings. The minimum Gasteiger partial charge on any atom is -0.480 e. The van der Waals surface area contributed by atoms with Crippen molar-refractivity contribution in [1.29, 1.82) is 0 Å². The predicted octanol–water partition coefficient (Wildman–Crippen LogP) is 1.53. The lowest BCUT2D eigenvalue weighted by molar-refractivity contribution is -0.141. The molecule has 1 aromatic carbocycles. The third kappa shape index (κ3) is 4.22. The highest BCUT2D eigenvalue weighted by atomic mass is 32.2. The summed E-state index contributed by atoms with van der Waals surface area (Å²) in [5.41, 5.74) is 0.574. The molecule has 1 aliphatic heterocycles. The number of rotatable bonds is 6. The summed E-state index contributed by atoms with van der Waals surface area (Å²) in [5, 5.41) is 9.16. The third-order valence-corrected chi connectivity index (χ3v) is 5.15. The summed E-state index contributed by atoms with van der Waals surface area (Å²) < 4.78 is 26.0. The molecule has 0 aliphatic carbocycles. The van der Waals surface area contributed by atoms with Crippen LogP contribution in [-0.4, -0.2) is 48.6 Å². The van der Waals surface area contributed by atoms with E-state index in [1.54, 1.807) is 25.1 Å². The normalized spacial score (nSPS) is 18.0. The van der Waals surface area contributed by atoms with Crippen LogP contribution < -0.4 is 4.72 Å². The fraction of sp³-hybridized carbons (Fsp3) is 0.467. The van der Waals surface area contributed by atoms with Crippen LogP contribution in [0.15, 0.2) is 24.3 Å². The van der Waals surface area contributed by atoms with Crippen molar-refractivity contribution in [3.63, 3.8) is 0 Å². The van der Waals surface area contributed by atoms with Gasteiger partial charge in [0.15, 0.2) is 0 Å². The average molecular weight is 340 g/mol. The first-order valence-electron chi connectivity index (χ1n) is 7.48. The monoisotopic (exact) mass is 340 g/mol. The Morgan fingerprint density at radius 2 is 2.13 bits per heavy atom. The van der Waals surface area contributed by atoms with Crippen molar-refractivity contribution in [2.24, 2.45) is 0 Å². The van der Waals surface area contributed by atoms with E-state index < -0.39 is 27.9 Å². The van der Waals surface area contributed by atoms with Crippen LogP contribution in [0.3, 0.4) is 0 Å². The van der Waals surface area contributed by atoms with Crippen molar-refractivity contribution in [2.45, 2.75) is 32.2 Å². The number of benzene rings is 1. The number of carboxylic acid groups (broad SMARTS) is 1. The van der Waals surface area contributed by atoms with Gasteiger partial charge < -0.3 is 10.0 Å². The molecule has 2 rings (SSSR count). The third-order valence-electron chi connectivity index (χ3n) is 3.65. The van der Waals surface area contributed by atoms with Gasteiger partial charge in [-0.05, 0) is 37.5 Å². The second-order valence-electron chi connectivity index (χ2n) is 5.50. The smallest absolute Gasteiger partial charge is 0.326 e. The molecule has 0 spiro atoms. The number of likely N-dealkylation sites (tertiary alicyclic amines) is 1. The zero-order chi connectivity index (χ0) is 17.0. The molecule has 0 unspecified atom stereocenters. The SMILES string of the molecule is CCCS(=O)(=O)Nc1cccc(C(=O)N2CCC[C@H]2C(=O)O)c1. The van der Waals surface area contributed by atoms with Crippen molar-refractivity contribution < 1.29 is 23.1 Å². The number of hydrogen-bond donors (Lipinski definition) is 2. The van der Waals surface area contributed by atoms with E-state index in [9.17, 15) is 18.0 Å². The maximum Gasteiger partial charge on any atom is 0.326 e. The summed E-state index contributed by atoms with van der Waals surface area (Å²) in [6.07, 6.45) is 1.57. The lowest BCUT2D eigenvalue weighted by Gasteiger charge is -2.21. The highest BCUT2D eigenvalue weighted by molar-refractivity contribution is 7.92. The zero-order valence-electron chi connectivity index (χ0n) is 12.9. The van der Waals surface area contributed by atoms with Crippen LogP contribution in [0.4, 0.5) is 5.69 Å². The highest BCUT2D eigenvalue weighted by Gasteiger charge is 2.34. The maximum atomic E-state index is 12.5. The summed E-state index contributed by atoms with van der Waals surface area (Å²) in [5.74, 6) is -1.42. The van der Waals surface area contributed by atoms with Crippen LogP contribution in [0.5, 0.6) is 0 Å². The first kappa shape index (κ1) is 17.3. The molecular formula is C15H20N2O5S. The molecule has 1 aromatic rings. The van der Waals surface area contributed by atoms with Gasteiger partial charge in [-0.15, -0.1) is 0 Å². The molecule has 0 saturated carbocycles. The van der Waals surface area contributed by atoms with Gasteiger partial charge >= 0.3 is 5.97 Å². The van der Waals surface area contributed by atoms with E-state index in [2.05, 4.69) is 4.72 Å². The first-order valence-corrected chi connectivity index (χ1v) is 9.13. The van der Waals surface area contributed by atoms with Gasteiger partial charge in [0, 0.05) is 17.8 Å². The minimum atomic E-state index is -3.44. The molecule has 7 nitrogen and oxygen atoms in total. The molecule has 0 aromatic heterocycles. The van der Waals surface area contributed by atoms with Gasteiger partial charge in [-0.2, -0.15) is 0 Å². The number of hydrogen-bond acceptors (Lipinski definition) is 4. The second kappa shape index (κ2) is 6.99. The fourth-order valence-electron chi connectivity index (χ4n) is 2.65. The quantitative estimate of drug-likeness (QED) is 0.817. The Kier molecular flexibility index (Phi) is 5.25. The van der Waals surface area contributed by atoms with Crippen LogP contribution in [0.1, 0.15) is 36.5 Å². The van der Waals surface area contributed by atoms with Crippen molar-refractivity contribution in [2.75, 3.05) is 17.0 Å². The second-order valence-corrected chi connectivity index (χ2v) is 7.34. The van der Waals surface area contributed by atoms with E-state index >= 15 is 0 Å². The lowest BCUT2D eigenvalue weighted by Crippen LogP contribution is -2.40. The number of carbonyl (C=O) groups is 2. The van der Waals surface area contributed by atoms with Crippen molar-refractivity contribution in [3.05, 3.63) is 29.8 Å². The summed E-state index contributed by atoms with van der Waals surface area (Å²) in [7, 11) is -3.44. The summed E-state index contributed by atoms with van der Waals surface area (Å²) in [4.78, 5) is 25.0. The van der Waals surface area contributed by atoms with Gasteiger partial charge in [0.2, 0.25) is 10.0 Å². The molecule has 1 saturated heterocycles. The molecule has 0 radical (unpaired) electrons. The number of nitrogens with one attached hydrogen (secondary N) is 1. The maximum absolute atomic E-state index is 12.5. The summed E-state index contributed by atoms with van der Waals surface area (Å²) >= 11 is 0. The van der Waals surface area contributed by atoms with E-state index in [4.69, 9.17) is 5.11 Å². The standard InChI is InChI=1S/C15H20N2O5S/c1-2-9-23(21,22)16-12-6-3-5-11(10-12)14(18)17-8-4-7-13(17)15(19)20/h3,5-6,10,13,16H,2,4,7-9H2,1H3,(H,19,20)/t13-/m0/s1. The Hall–Kier alpha value is -2.09. The number of carbonyl (C=O) groups excluding carboxylic acids is 1. The van der Waals surface area contributed by atoms with Crippen molar-refractivity contribution in [3.8, 4) is 0 Å². The van der Waals surface area contributed by atoms with Gasteiger partial charge in [-0.3, -0.25) is 9.52 Å².